The minimum atomic E-state index is -0.788. The second-order valence-electron chi connectivity index (χ2n) is 8.72. The smallest absolute Gasteiger partial charge is 0.319 e. The van der Waals surface area contributed by atoms with E-state index in [9.17, 15) is 18.8 Å². The third-order valence-electron chi connectivity index (χ3n) is 6.22. The quantitative estimate of drug-likeness (QED) is 0.464. The van der Waals surface area contributed by atoms with Crippen LogP contribution in [0.3, 0.4) is 0 Å². The van der Waals surface area contributed by atoms with Crippen LogP contribution in [0.15, 0.2) is 34.7 Å². The fraction of sp³-hybridized carbons (Fsp3) is 0.292. The van der Waals surface area contributed by atoms with E-state index in [-0.39, 0.29) is 41.1 Å². The number of nitrogens with zero attached hydrogens (tertiary/aromatic N) is 1. The average molecular weight is 503 g/mol. The van der Waals surface area contributed by atoms with E-state index in [2.05, 4.69) is 16.0 Å². The molecule has 2 aromatic carbocycles. The molecule has 5 rings (SSSR count). The number of furan rings is 1. The summed E-state index contributed by atoms with van der Waals surface area (Å²) in [5, 5.41) is 8.17. The van der Waals surface area contributed by atoms with Crippen LogP contribution >= 0.6 is 11.6 Å². The minimum Gasteiger partial charge on any atom is -0.459 e. The second-order valence-corrected chi connectivity index (χ2v) is 9.16. The highest BCUT2D eigenvalue weighted by Gasteiger charge is 2.35. The van der Waals surface area contributed by atoms with Gasteiger partial charge in [0.25, 0.3) is 0 Å². The van der Waals surface area contributed by atoms with Crippen LogP contribution in [-0.4, -0.2) is 37.0 Å². The van der Waals surface area contributed by atoms with Gasteiger partial charge < -0.3 is 20.0 Å². The largest absolute Gasteiger partial charge is 0.459 e. The Hall–Kier alpha value is -3.66. The zero-order valence-corrected chi connectivity index (χ0v) is 19.3. The lowest BCUT2D eigenvalue weighted by molar-refractivity contribution is -0.134. The molecule has 3 aromatic rings. The van der Waals surface area contributed by atoms with E-state index in [1.165, 1.54) is 18.2 Å². The maximum Gasteiger partial charge on any atom is 0.319 e. The van der Waals surface area contributed by atoms with Crippen molar-refractivity contribution in [2.24, 2.45) is 0 Å². The first-order chi connectivity index (χ1) is 16.7. The predicted octanol–water partition coefficient (Wildman–Crippen LogP) is 4.20. The van der Waals surface area contributed by atoms with Gasteiger partial charge in [0.05, 0.1) is 23.3 Å². The molecular formula is C24H21ClF2N4O4. The lowest BCUT2D eigenvalue weighted by atomic mass is 9.87. The number of hydrogen-bond acceptors (Lipinski definition) is 5. The zero-order chi connectivity index (χ0) is 24.9. The molecule has 2 fully saturated rings. The van der Waals surface area contributed by atoms with Gasteiger partial charge >= 0.3 is 6.03 Å². The van der Waals surface area contributed by atoms with Gasteiger partial charge in [-0.15, -0.1) is 0 Å². The summed E-state index contributed by atoms with van der Waals surface area (Å²) < 4.78 is 35.1. The van der Waals surface area contributed by atoms with Crippen LogP contribution < -0.4 is 20.9 Å². The van der Waals surface area contributed by atoms with E-state index in [0.29, 0.717) is 35.5 Å². The van der Waals surface area contributed by atoms with Gasteiger partial charge in [-0.25, -0.2) is 13.6 Å². The molecule has 1 atom stereocenters. The number of carbonyl (C=O) groups is 3. The van der Waals surface area contributed by atoms with E-state index >= 15 is 4.39 Å². The minimum absolute atomic E-state index is 0.00181. The first kappa shape index (κ1) is 23.1. The lowest BCUT2D eigenvalue weighted by Crippen LogP contribution is -2.60. The van der Waals surface area contributed by atoms with Crippen molar-refractivity contribution in [2.75, 3.05) is 23.3 Å². The summed E-state index contributed by atoms with van der Waals surface area (Å²) in [6, 6.07) is 6.12. The van der Waals surface area contributed by atoms with Crippen molar-refractivity contribution in [1.29, 1.82) is 0 Å². The molecule has 182 valence electrons. The molecule has 2 aliphatic rings. The number of imide groups is 1. The van der Waals surface area contributed by atoms with Gasteiger partial charge in [0.1, 0.15) is 17.4 Å². The summed E-state index contributed by atoms with van der Waals surface area (Å²) >= 11 is 5.72. The van der Waals surface area contributed by atoms with Crippen LogP contribution in [0.4, 0.5) is 25.0 Å². The summed E-state index contributed by atoms with van der Waals surface area (Å²) in [7, 11) is 0. The maximum absolute atomic E-state index is 15.3. The standard InChI is InChI=1S/C24H21ClF2N4O4/c1-11-6-15-21(14-3-5-20(32)30-23(14)33)17(27)8-19(22(15)35-11)31-9-13(10-31)28-24(34)29-18-4-2-12(25)7-16(18)26/h2,4,6-8,13-14H,3,5,9-10H2,1H3,(H2,28,29,34)(H,30,32,33). The molecule has 2 aliphatic heterocycles. The van der Waals surface area contributed by atoms with Gasteiger partial charge in [-0.05, 0) is 37.6 Å². The summed E-state index contributed by atoms with van der Waals surface area (Å²) in [5.74, 6) is -2.33. The highest BCUT2D eigenvalue weighted by Crippen LogP contribution is 2.40. The predicted molar refractivity (Wildman–Crippen MR) is 126 cm³/mol. The van der Waals surface area contributed by atoms with Gasteiger partial charge in [0, 0.05) is 41.5 Å². The Morgan fingerprint density at radius 3 is 2.66 bits per heavy atom. The molecule has 1 unspecified atom stereocenters. The molecule has 0 aliphatic carbocycles. The molecule has 0 radical (unpaired) electrons. The Balaban J connectivity index is 1.31. The number of amides is 4. The topological polar surface area (TPSA) is 104 Å². The number of anilines is 2. The molecule has 2 saturated heterocycles. The SMILES string of the molecule is Cc1cc2c(C3CCC(=O)NC3=O)c(F)cc(N3CC(NC(=O)Nc4ccc(Cl)cc4F)C3)c2o1. The molecule has 11 heteroatoms. The zero-order valence-electron chi connectivity index (χ0n) is 18.6. The Morgan fingerprint density at radius 2 is 1.94 bits per heavy atom. The fourth-order valence-electron chi connectivity index (χ4n) is 4.56. The van der Waals surface area contributed by atoms with Crippen molar-refractivity contribution in [1.82, 2.24) is 10.6 Å². The third kappa shape index (κ3) is 4.41. The van der Waals surface area contributed by atoms with E-state index in [1.807, 2.05) is 4.90 Å². The number of urea groups is 1. The van der Waals surface area contributed by atoms with Crippen LogP contribution in [0.5, 0.6) is 0 Å². The number of hydrogen-bond donors (Lipinski definition) is 3. The molecular weight excluding hydrogens is 482 g/mol. The Kier molecular flexibility index (Phi) is 5.84. The highest BCUT2D eigenvalue weighted by molar-refractivity contribution is 6.30. The highest BCUT2D eigenvalue weighted by atomic mass is 35.5. The Morgan fingerprint density at radius 1 is 1.17 bits per heavy atom. The summed E-state index contributed by atoms with van der Waals surface area (Å²) in [6.07, 6.45) is 0.358. The summed E-state index contributed by atoms with van der Waals surface area (Å²) in [5.41, 5.74) is 1.16. The van der Waals surface area contributed by atoms with Crippen LogP contribution in [-0.2, 0) is 9.59 Å². The van der Waals surface area contributed by atoms with Gasteiger partial charge in [-0.2, -0.15) is 0 Å². The third-order valence-corrected chi connectivity index (χ3v) is 6.46. The van der Waals surface area contributed by atoms with E-state index in [0.717, 1.165) is 6.07 Å². The number of halogens is 3. The van der Waals surface area contributed by atoms with Gasteiger partial charge in [0.15, 0.2) is 5.58 Å². The van der Waals surface area contributed by atoms with Crippen LogP contribution in [0, 0.1) is 18.6 Å². The monoisotopic (exact) mass is 502 g/mol. The van der Waals surface area contributed by atoms with Gasteiger partial charge in [0.2, 0.25) is 11.8 Å². The van der Waals surface area contributed by atoms with Crippen LogP contribution in [0.1, 0.15) is 30.1 Å². The number of fused-ring (bicyclic) bond motifs is 1. The Bertz CT molecular complexity index is 1370. The normalized spacial score (nSPS) is 18.4. The molecule has 3 heterocycles. The number of piperidine rings is 1. The molecule has 0 spiro atoms. The van der Waals surface area contributed by atoms with E-state index < -0.39 is 29.5 Å². The number of aryl methyl sites for hydroxylation is 1. The first-order valence-corrected chi connectivity index (χ1v) is 11.4. The number of nitrogens with one attached hydrogen (secondary N) is 3. The molecule has 0 saturated carbocycles. The average Bonchev–Trinajstić information content (AvgIpc) is 3.14. The van der Waals surface area contributed by atoms with Crippen molar-refractivity contribution in [2.45, 2.75) is 31.7 Å². The first-order valence-electron chi connectivity index (χ1n) is 11.0. The second kappa shape index (κ2) is 8.84. The Labute approximate surface area is 203 Å². The molecule has 0 bridgehead atoms. The molecule has 35 heavy (non-hydrogen) atoms. The summed E-state index contributed by atoms with van der Waals surface area (Å²) in [6.45, 7) is 2.49. The van der Waals surface area contributed by atoms with Crippen molar-refractivity contribution in [3.63, 3.8) is 0 Å². The maximum atomic E-state index is 15.3. The van der Waals surface area contributed by atoms with Crippen molar-refractivity contribution < 1.29 is 27.6 Å². The number of carbonyl (C=O) groups excluding carboxylic acids is 3. The molecule has 4 amide bonds. The van der Waals surface area contributed by atoms with Crippen molar-refractivity contribution in [3.8, 4) is 0 Å². The molecule has 3 N–H and O–H groups in total. The fourth-order valence-corrected chi connectivity index (χ4v) is 4.71. The van der Waals surface area contributed by atoms with Crippen molar-refractivity contribution in [3.05, 3.63) is 58.3 Å². The number of rotatable bonds is 4. The van der Waals surface area contributed by atoms with E-state index in [1.54, 1.807) is 13.0 Å². The lowest BCUT2D eigenvalue weighted by Gasteiger charge is -2.41. The number of benzene rings is 2. The van der Waals surface area contributed by atoms with Gasteiger partial charge in [-0.3, -0.25) is 14.9 Å². The van der Waals surface area contributed by atoms with Crippen LogP contribution in [0.2, 0.25) is 5.02 Å². The molecule has 1 aromatic heterocycles. The van der Waals surface area contributed by atoms with Gasteiger partial charge in [-0.1, -0.05) is 11.6 Å². The van der Waals surface area contributed by atoms with E-state index in [4.69, 9.17) is 16.0 Å². The van der Waals surface area contributed by atoms with Crippen molar-refractivity contribution >= 4 is 51.8 Å². The molecule has 8 nitrogen and oxygen atoms in total. The van der Waals surface area contributed by atoms with Crippen LogP contribution in [0.25, 0.3) is 11.0 Å². The summed E-state index contributed by atoms with van der Waals surface area (Å²) in [4.78, 5) is 38.0.